The van der Waals surface area contributed by atoms with Crippen LogP contribution in [-0.4, -0.2) is 15.6 Å². The van der Waals surface area contributed by atoms with Crippen LogP contribution in [0.2, 0.25) is 0 Å². The average molecular weight is 144 g/mol. The molecule has 0 aliphatic heterocycles. The Morgan fingerprint density at radius 1 is 1.67 bits per heavy atom. The van der Waals surface area contributed by atoms with E-state index in [0.29, 0.717) is 0 Å². The predicted octanol–water partition coefficient (Wildman–Crippen LogP) is -0.309. The van der Waals surface area contributed by atoms with Gasteiger partial charge >= 0.3 is 5.97 Å². The second kappa shape index (κ2) is 1.98. The third-order valence-electron chi connectivity index (χ3n) is 0.707. The van der Waals surface area contributed by atoms with Crippen LogP contribution in [0.25, 0.3) is 0 Å². The largest absolute Gasteiger partial charge is 0.409 e. The summed E-state index contributed by atoms with van der Waals surface area (Å²) in [6, 6.07) is 0. The van der Waals surface area contributed by atoms with Gasteiger partial charge in [-0.15, -0.1) is 5.10 Å². The zero-order valence-corrected chi connectivity index (χ0v) is 5.01. The van der Waals surface area contributed by atoms with Crippen LogP contribution in [-0.2, 0) is 5.11 Å². The molecule has 0 saturated carbocycles. The van der Waals surface area contributed by atoms with Crippen molar-refractivity contribution in [3.05, 3.63) is 5.69 Å². The number of anilines is 1. The number of nitrogens with two attached hydrogens (primary N) is 1. The quantitative estimate of drug-likeness (QED) is 0.585. The van der Waals surface area contributed by atoms with E-state index in [1.807, 2.05) is 0 Å². The number of carbonyl (C=O) groups excluding carboxylic acids is 1. The fourth-order valence-electron chi connectivity index (χ4n) is 0.339. The Morgan fingerprint density at radius 2 is 2.33 bits per heavy atom. The minimum atomic E-state index is -1.39. The van der Waals surface area contributed by atoms with Crippen LogP contribution < -0.4 is 5.73 Å². The highest BCUT2D eigenvalue weighted by atomic mass is 32.1. The van der Waals surface area contributed by atoms with Gasteiger partial charge in [-0.05, 0) is 0 Å². The predicted molar refractivity (Wildman–Crippen MR) is 29.3 cm³/mol. The SMILES string of the molecule is Nc1snnc1C([O])=O. The van der Waals surface area contributed by atoms with Gasteiger partial charge in [0.2, 0.25) is 5.69 Å². The smallest absolute Gasteiger partial charge is 0.387 e. The zero-order chi connectivity index (χ0) is 6.85. The van der Waals surface area contributed by atoms with Crippen molar-refractivity contribution >= 4 is 22.5 Å². The molecule has 0 aliphatic carbocycles. The van der Waals surface area contributed by atoms with E-state index in [4.69, 9.17) is 5.73 Å². The van der Waals surface area contributed by atoms with Crippen molar-refractivity contribution in [3.8, 4) is 0 Å². The highest BCUT2D eigenvalue weighted by molar-refractivity contribution is 7.10. The van der Waals surface area contributed by atoms with Crippen molar-refractivity contribution < 1.29 is 9.90 Å². The lowest BCUT2D eigenvalue weighted by Gasteiger charge is -1.79. The maximum Gasteiger partial charge on any atom is 0.409 e. The van der Waals surface area contributed by atoms with Crippen LogP contribution in [0.1, 0.15) is 10.5 Å². The second-order valence-electron chi connectivity index (χ2n) is 1.27. The molecule has 0 amide bonds. The van der Waals surface area contributed by atoms with Crippen molar-refractivity contribution in [2.24, 2.45) is 0 Å². The van der Waals surface area contributed by atoms with Gasteiger partial charge in [0.05, 0.1) is 0 Å². The second-order valence-corrected chi connectivity index (χ2v) is 2.06. The summed E-state index contributed by atoms with van der Waals surface area (Å²) in [6.07, 6.45) is 0. The molecule has 0 aliphatic rings. The van der Waals surface area contributed by atoms with Gasteiger partial charge in [-0.1, -0.05) is 4.49 Å². The number of carbonyl (C=O) groups is 1. The Kier molecular flexibility index (Phi) is 1.31. The maximum atomic E-state index is 10.00. The molecule has 1 aromatic heterocycles. The van der Waals surface area contributed by atoms with Crippen molar-refractivity contribution in [2.45, 2.75) is 0 Å². The summed E-state index contributed by atoms with van der Waals surface area (Å²) in [7, 11) is 0. The first-order chi connectivity index (χ1) is 4.22. The summed E-state index contributed by atoms with van der Waals surface area (Å²) >= 11 is 0.829. The van der Waals surface area contributed by atoms with E-state index in [-0.39, 0.29) is 10.7 Å². The average Bonchev–Trinajstić information content (AvgIpc) is 2.13. The number of hydrogen-bond donors (Lipinski definition) is 1. The van der Waals surface area contributed by atoms with Crippen molar-refractivity contribution in [1.82, 2.24) is 9.59 Å². The van der Waals surface area contributed by atoms with Crippen LogP contribution in [0.5, 0.6) is 0 Å². The molecular weight excluding hydrogens is 142 g/mol. The molecule has 9 heavy (non-hydrogen) atoms. The molecule has 1 heterocycles. The van der Waals surface area contributed by atoms with E-state index in [9.17, 15) is 9.90 Å². The van der Waals surface area contributed by atoms with Crippen molar-refractivity contribution in [2.75, 3.05) is 5.73 Å². The molecule has 1 aromatic rings. The minimum Gasteiger partial charge on any atom is -0.387 e. The van der Waals surface area contributed by atoms with Crippen LogP contribution in [0, 0.1) is 0 Å². The highest BCUT2D eigenvalue weighted by Crippen LogP contribution is 2.11. The molecule has 0 bridgehead atoms. The monoisotopic (exact) mass is 144 g/mol. The summed E-state index contributed by atoms with van der Waals surface area (Å²) in [5.41, 5.74) is 4.84. The summed E-state index contributed by atoms with van der Waals surface area (Å²) < 4.78 is 3.29. The van der Waals surface area contributed by atoms with E-state index in [0.717, 1.165) is 11.5 Å². The molecule has 0 atom stereocenters. The van der Waals surface area contributed by atoms with Crippen molar-refractivity contribution in [1.29, 1.82) is 0 Å². The van der Waals surface area contributed by atoms with E-state index in [1.54, 1.807) is 0 Å². The van der Waals surface area contributed by atoms with Gasteiger partial charge in [-0.3, -0.25) is 0 Å². The van der Waals surface area contributed by atoms with Gasteiger partial charge in [0.1, 0.15) is 5.00 Å². The molecule has 6 heteroatoms. The molecule has 0 spiro atoms. The Balaban J connectivity index is 3.08. The Labute approximate surface area is 54.3 Å². The summed E-state index contributed by atoms with van der Waals surface area (Å²) in [6.45, 7) is 0. The maximum absolute atomic E-state index is 10.00. The summed E-state index contributed by atoms with van der Waals surface area (Å²) in [5.74, 6) is -1.39. The molecular formula is C3H2N3O2S. The zero-order valence-electron chi connectivity index (χ0n) is 4.20. The van der Waals surface area contributed by atoms with Gasteiger partial charge in [0.15, 0.2) is 0 Å². The molecule has 0 saturated heterocycles. The van der Waals surface area contributed by atoms with Crippen LogP contribution in [0.3, 0.4) is 0 Å². The fourth-order valence-corrected chi connectivity index (χ4v) is 0.760. The summed E-state index contributed by atoms with van der Waals surface area (Å²) in [5, 5.41) is 13.3. The van der Waals surface area contributed by atoms with Gasteiger partial charge in [-0.25, -0.2) is 9.90 Å². The normalized spacial score (nSPS) is 9.33. The number of nitrogens with zero attached hydrogens (tertiary/aromatic N) is 2. The molecule has 0 aromatic carbocycles. The molecule has 0 unspecified atom stereocenters. The lowest BCUT2D eigenvalue weighted by molar-refractivity contribution is 0.0567. The first kappa shape index (κ1) is 5.96. The van der Waals surface area contributed by atoms with Gasteiger partial charge < -0.3 is 5.73 Å². The third-order valence-corrected chi connectivity index (χ3v) is 1.26. The molecule has 1 radical (unpaired) electrons. The van der Waals surface area contributed by atoms with Gasteiger partial charge in [0.25, 0.3) is 0 Å². The third kappa shape index (κ3) is 0.968. The number of rotatable bonds is 1. The van der Waals surface area contributed by atoms with E-state index in [1.165, 1.54) is 0 Å². The molecule has 5 nitrogen and oxygen atoms in total. The minimum absolute atomic E-state index is 0.0787. The van der Waals surface area contributed by atoms with Gasteiger partial charge in [0, 0.05) is 11.5 Å². The Morgan fingerprint density at radius 3 is 2.56 bits per heavy atom. The standard InChI is InChI=1S/C3H2N3O2S/c4-2-1(3(7)8)5-6-9-2/h4H2. The topological polar surface area (TPSA) is 88.8 Å². The van der Waals surface area contributed by atoms with Crippen molar-refractivity contribution in [3.63, 3.8) is 0 Å². The van der Waals surface area contributed by atoms with E-state index in [2.05, 4.69) is 9.59 Å². The molecule has 2 N–H and O–H groups in total. The van der Waals surface area contributed by atoms with E-state index >= 15 is 0 Å². The molecule has 0 fully saturated rings. The Hall–Kier alpha value is -1.17. The Bertz CT molecular complexity index is 233. The lowest BCUT2D eigenvalue weighted by Crippen LogP contribution is -1.98. The summed E-state index contributed by atoms with van der Waals surface area (Å²) in [4.78, 5) is 10.00. The first-order valence-corrected chi connectivity index (χ1v) is 2.78. The molecule has 1 rings (SSSR count). The van der Waals surface area contributed by atoms with E-state index < -0.39 is 5.97 Å². The number of hydrogen-bond acceptors (Lipinski definition) is 5. The van der Waals surface area contributed by atoms with Crippen LogP contribution in [0.4, 0.5) is 5.00 Å². The van der Waals surface area contributed by atoms with Gasteiger partial charge in [-0.2, -0.15) is 0 Å². The first-order valence-electron chi connectivity index (χ1n) is 2.01. The highest BCUT2D eigenvalue weighted by Gasteiger charge is 2.13. The lowest BCUT2D eigenvalue weighted by atomic mass is 10.5. The fraction of sp³-hybridized carbons (Fsp3) is 0. The van der Waals surface area contributed by atoms with Crippen LogP contribution >= 0.6 is 11.5 Å². The van der Waals surface area contributed by atoms with Crippen LogP contribution in [0.15, 0.2) is 0 Å². The number of aromatic nitrogens is 2. The number of nitrogen functional groups attached to an aromatic ring is 1. The molecule has 47 valence electrons.